The Morgan fingerprint density at radius 1 is 1.22 bits per heavy atom. The molecular formula is C22H29N3O2. The highest BCUT2D eigenvalue weighted by Gasteiger charge is 2.21. The summed E-state index contributed by atoms with van der Waals surface area (Å²) >= 11 is 0. The topological polar surface area (TPSA) is 70.1 Å². The summed E-state index contributed by atoms with van der Waals surface area (Å²) in [5, 5.41) is 2.62. The quantitative estimate of drug-likeness (QED) is 0.668. The van der Waals surface area contributed by atoms with Crippen molar-refractivity contribution in [3.63, 3.8) is 0 Å². The molecule has 0 aliphatic heterocycles. The molecule has 1 unspecified atom stereocenters. The van der Waals surface area contributed by atoms with Crippen molar-refractivity contribution >= 4 is 21.7 Å². The summed E-state index contributed by atoms with van der Waals surface area (Å²) in [4.78, 5) is 17.4. The summed E-state index contributed by atoms with van der Waals surface area (Å²) < 4.78 is 7.75. The molecule has 1 atom stereocenters. The van der Waals surface area contributed by atoms with Gasteiger partial charge in [-0.3, -0.25) is 9.78 Å². The zero-order chi connectivity index (χ0) is 19.8. The largest absolute Gasteiger partial charge is 0.492 e. The number of nitrogens with two attached hydrogens (primary N) is 1. The number of hydrogen-bond donors (Lipinski definition) is 1. The van der Waals surface area contributed by atoms with Gasteiger partial charge in [-0.05, 0) is 62.8 Å². The Morgan fingerprint density at radius 2 is 1.96 bits per heavy atom. The Balaban J connectivity index is 2.07. The number of ether oxygens (including phenoxy) is 1. The van der Waals surface area contributed by atoms with Crippen LogP contribution in [0.1, 0.15) is 39.8 Å². The maximum absolute atomic E-state index is 13.1. The fraction of sp³-hybridized carbons (Fsp3) is 0.455. The van der Waals surface area contributed by atoms with Gasteiger partial charge in [0.25, 0.3) is 5.56 Å². The smallest absolute Gasteiger partial charge is 0.259 e. The molecule has 0 aliphatic carbocycles. The maximum atomic E-state index is 13.1. The summed E-state index contributed by atoms with van der Waals surface area (Å²) in [5.41, 5.74) is 7.69. The van der Waals surface area contributed by atoms with Crippen LogP contribution in [0.3, 0.4) is 0 Å². The second-order valence-electron chi connectivity index (χ2n) is 8.09. The van der Waals surface area contributed by atoms with Gasteiger partial charge < -0.3 is 15.0 Å². The third-order valence-corrected chi connectivity index (χ3v) is 4.89. The number of nitrogens with zero attached hydrogens (tertiary/aromatic N) is 2. The second-order valence-corrected chi connectivity index (χ2v) is 8.09. The van der Waals surface area contributed by atoms with Crippen molar-refractivity contribution in [1.82, 2.24) is 9.55 Å². The van der Waals surface area contributed by atoms with Gasteiger partial charge in [-0.15, -0.1) is 0 Å². The van der Waals surface area contributed by atoms with Crippen LogP contribution in [0.2, 0.25) is 0 Å². The van der Waals surface area contributed by atoms with Crippen LogP contribution in [0, 0.1) is 12.8 Å². The van der Waals surface area contributed by atoms with Gasteiger partial charge in [-0.2, -0.15) is 0 Å². The molecule has 2 aromatic heterocycles. The van der Waals surface area contributed by atoms with E-state index in [4.69, 9.17) is 10.5 Å². The minimum atomic E-state index is -0.404. The lowest BCUT2D eigenvalue weighted by molar-refractivity contribution is 0.207. The molecule has 0 bridgehead atoms. The van der Waals surface area contributed by atoms with Gasteiger partial charge in [0.2, 0.25) is 0 Å². The Morgan fingerprint density at radius 3 is 2.63 bits per heavy atom. The molecule has 27 heavy (non-hydrogen) atoms. The number of benzene rings is 1. The fourth-order valence-corrected chi connectivity index (χ4v) is 3.93. The Labute approximate surface area is 160 Å². The first-order valence-corrected chi connectivity index (χ1v) is 9.57. The molecule has 2 heterocycles. The van der Waals surface area contributed by atoms with E-state index in [0.29, 0.717) is 30.2 Å². The molecule has 0 spiro atoms. The van der Waals surface area contributed by atoms with Gasteiger partial charge >= 0.3 is 0 Å². The molecule has 2 N–H and O–H groups in total. The first kappa shape index (κ1) is 19.4. The maximum Gasteiger partial charge on any atom is 0.259 e. The standard InChI is InChI=1S/C22H29N3O2/c1-6-25-20-15(4)24-10-9-18(20)17-8-7-16(11-19(17)21(25)26)27-13-22(5,23)12-14(2)3/h7-11,14H,6,12-13,23H2,1-5H3. The predicted molar refractivity (Wildman–Crippen MR) is 111 cm³/mol. The molecule has 5 nitrogen and oxygen atoms in total. The van der Waals surface area contributed by atoms with Gasteiger partial charge in [-0.25, -0.2) is 0 Å². The van der Waals surface area contributed by atoms with Gasteiger partial charge in [-0.1, -0.05) is 13.8 Å². The van der Waals surface area contributed by atoms with E-state index in [2.05, 4.69) is 18.8 Å². The van der Waals surface area contributed by atoms with E-state index >= 15 is 0 Å². The van der Waals surface area contributed by atoms with Gasteiger partial charge in [0.1, 0.15) is 12.4 Å². The van der Waals surface area contributed by atoms with Crippen molar-refractivity contribution in [3.8, 4) is 5.75 Å². The van der Waals surface area contributed by atoms with Crippen molar-refractivity contribution < 1.29 is 4.74 Å². The highest BCUT2D eigenvalue weighted by atomic mass is 16.5. The van der Waals surface area contributed by atoms with Crippen molar-refractivity contribution in [3.05, 3.63) is 46.5 Å². The summed E-state index contributed by atoms with van der Waals surface area (Å²) in [6.07, 6.45) is 2.66. The highest BCUT2D eigenvalue weighted by molar-refractivity contribution is 6.06. The molecule has 3 aromatic rings. The molecule has 144 valence electrons. The monoisotopic (exact) mass is 367 g/mol. The average Bonchev–Trinajstić information content (AvgIpc) is 2.60. The molecule has 0 aliphatic rings. The zero-order valence-electron chi connectivity index (χ0n) is 16.9. The summed E-state index contributed by atoms with van der Waals surface area (Å²) in [5.74, 6) is 1.17. The predicted octanol–water partition coefficient (Wildman–Crippen LogP) is 4.02. The lowest BCUT2D eigenvalue weighted by Crippen LogP contribution is -2.43. The van der Waals surface area contributed by atoms with E-state index in [-0.39, 0.29) is 5.56 Å². The number of rotatable bonds is 6. The first-order valence-electron chi connectivity index (χ1n) is 9.57. The van der Waals surface area contributed by atoms with Gasteiger partial charge in [0.15, 0.2) is 0 Å². The number of aryl methyl sites for hydroxylation is 2. The van der Waals surface area contributed by atoms with E-state index in [1.807, 2.05) is 45.0 Å². The summed E-state index contributed by atoms with van der Waals surface area (Å²) in [6.45, 7) is 11.2. The molecule has 5 heteroatoms. The third kappa shape index (κ3) is 3.83. The summed E-state index contributed by atoms with van der Waals surface area (Å²) in [7, 11) is 0. The minimum Gasteiger partial charge on any atom is -0.492 e. The fourth-order valence-electron chi connectivity index (χ4n) is 3.93. The molecule has 0 amide bonds. The van der Waals surface area contributed by atoms with Crippen LogP contribution in [0.25, 0.3) is 21.7 Å². The van der Waals surface area contributed by atoms with E-state index in [1.54, 1.807) is 10.8 Å². The van der Waals surface area contributed by atoms with Crippen LogP contribution in [0.15, 0.2) is 35.3 Å². The van der Waals surface area contributed by atoms with E-state index in [0.717, 1.165) is 28.4 Å². The van der Waals surface area contributed by atoms with Crippen molar-refractivity contribution in [2.45, 2.75) is 53.1 Å². The molecule has 0 saturated heterocycles. The number of hydrogen-bond acceptors (Lipinski definition) is 4. The number of aromatic nitrogens is 2. The summed E-state index contributed by atoms with van der Waals surface area (Å²) in [6, 6.07) is 7.68. The van der Waals surface area contributed by atoms with Crippen LogP contribution in [-0.4, -0.2) is 21.7 Å². The first-order chi connectivity index (χ1) is 12.7. The van der Waals surface area contributed by atoms with Gasteiger partial charge in [0.05, 0.1) is 16.6 Å². The normalized spacial score (nSPS) is 14.0. The average molecular weight is 367 g/mol. The van der Waals surface area contributed by atoms with Crippen LogP contribution in [0.5, 0.6) is 5.75 Å². The van der Waals surface area contributed by atoms with Crippen molar-refractivity contribution in [2.75, 3.05) is 6.61 Å². The lowest BCUT2D eigenvalue weighted by atomic mass is 9.93. The SMILES string of the molecule is CCn1c(=O)c2cc(OCC(C)(N)CC(C)C)ccc2c2ccnc(C)c21. The van der Waals surface area contributed by atoms with Crippen molar-refractivity contribution in [1.29, 1.82) is 0 Å². The highest BCUT2D eigenvalue weighted by Crippen LogP contribution is 2.27. The Hall–Kier alpha value is -2.40. The van der Waals surface area contributed by atoms with E-state index < -0.39 is 5.54 Å². The van der Waals surface area contributed by atoms with E-state index in [9.17, 15) is 4.79 Å². The second kappa shape index (κ2) is 7.31. The van der Waals surface area contributed by atoms with Crippen LogP contribution >= 0.6 is 0 Å². The molecule has 0 radical (unpaired) electrons. The Kier molecular flexibility index (Phi) is 5.24. The zero-order valence-corrected chi connectivity index (χ0v) is 16.9. The number of fused-ring (bicyclic) bond motifs is 3. The molecular weight excluding hydrogens is 338 g/mol. The molecule has 0 saturated carbocycles. The minimum absolute atomic E-state index is 0.0146. The van der Waals surface area contributed by atoms with Crippen LogP contribution in [-0.2, 0) is 6.54 Å². The molecule has 1 aromatic carbocycles. The van der Waals surface area contributed by atoms with Crippen LogP contribution in [0.4, 0.5) is 0 Å². The van der Waals surface area contributed by atoms with Crippen LogP contribution < -0.4 is 16.0 Å². The lowest BCUT2D eigenvalue weighted by Gasteiger charge is -2.26. The van der Waals surface area contributed by atoms with Gasteiger partial charge in [0, 0.05) is 23.7 Å². The molecule has 3 rings (SSSR count). The number of pyridine rings is 2. The molecule has 0 fully saturated rings. The third-order valence-electron chi connectivity index (χ3n) is 4.89. The van der Waals surface area contributed by atoms with E-state index in [1.165, 1.54) is 0 Å². The van der Waals surface area contributed by atoms with Crippen molar-refractivity contribution in [2.24, 2.45) is 11.7 Å². The Bertz CT molecular complexity index is 1040.